The van der Waals surface area contributed by atoms with Gasteiger partial charge >= 0.3 is 0 Å². The van der Waals surface area contributed by atoms with E-state index in [0.29, 0.717) is 0 Å². The zero-order chi connectivity index (χ0) is 13.0. The van der Waals surface area contributed by atoms with Crippen molar-refractivity contribution in [3.05, 3.63) is 63.3 Å². The van der Waals surface area contributed by atoms with Crippen LogP contribution in [0.4, 0.5) is 0 Å². The van der Waals surface area contributed by atoms with Gasteiger partial charge in [-0.3, -0.25) is 4.98 Å². The van der Waals surface area contributed by atoms with E-state index in [1.807, 2.05) is 36.4 Å². The number of halogens is 2. The molecule has 1 aromatic heterocycles. The summed E-state index contributed by atoms with van der Waals surface area (Å²) in [5.74, 6) is 0. The summed E-state index contributed by atoms with van der Waals surface area (Å²) in [6.07, 6.45) is 3.30. The number of pyridine rings is 1. The Balaban J connectivity index is 1.99. The lowest BCUT2D eigenvalue weighted by Gasteiger charge is -2.12. The Bertz CT molecular complexity index is 513. The Labute approximate surface area is 120 Å². The minimum Gasteiger partial charge on any atom is -0.327 e. The molecule has 18 heavy (non-hydrogen) atoms. The number of benzene rings is 1. The summed E-state index contributed by atoms with van der Waals surface area (Å²) in [5.41, 5.74) is 8.22. The number of rotatable bonds is 4. The smallest absolute Gasteiger partial charge is 0.0438 e. The lowest BCUT2D eigenvalue weighted by Crippen LogP contribution is -2.26. The zero-order valence-corrected chi connectivity index (χ0v) is 12.2. The average Bonchev–Trinajstić information content (AvgIpc) is 2.35. The first kappa shape index (κ1) is 13.5. The molecule has 0 spiro atoms. The molecule has 0 aliphatic carbocycles. The number of nitrogens with two attached hydrogens (primary N) is 1. The maximum absolute atomic E-state index is 6.13. The fourth-order valence-electron chi connectivity index (χ4n) is 1.81. The molecule has 0 aliphatic heterocycles. The first-order valence-corrected chi connectivity index (χ1v) is 6.91. The summed E-state index contributed by atoms with van der Waals surface area (Å²) in [4.78, 5) is 4.32. The molecule has 0 saturated carbocycles. The highest BCUT2D eigenvalue weighted by Crippen LogP contribution is 2.17. The van der Waals surface area contributed by atoms with Crippen LogP contribution in [-0.2, 0) is 12.8 Å². The Hall–Kier alpha value is -0.900. The van der Waals surface area contributed by atoms with Crippen LogP contribution in [0.15, 0.2) is 47.1 Å². The number of hydrogen-bond acceptors (Lipinski definition) is 2. The van der Waals surface area contributed by atoms with Crippen molar-refractivity contribution in [2.24, 2.45) is 5.73 Å². The van der Waals surface area contributed by atoms with Gasteiger partial charge in [0, 0.05) is 33.8 Å². The molecule has 2 N–H and O–H groups in total. The van der Waals surface area contributed by atoms with Crippen molar-refractivity contribution in [1.29, 1.82) is 0 Å². The summed E-state index contributed by atoms with van der Waals surface area (Å²) in [7, 11) is 0. The summed E-state index contributed by atoms with van der Waals surface area (Å²) >= 11 is 9.48. The van der Waals surface area contributed by atoms with Gasteiger partial charge in [-0.15, -0.1) is 0 Å². The SMILES string of the molecule is NC(Cc1ccc(Br)cn1)Cc1ccccc1Cl. The van der Waals surface area contributed by atoms with Crippen molar-refractivity contribution in [2.75, 3.05) is 0 Å². The van der Waals surface area contributed by atoms with Gasteiger partial charge in [0.15, 0.2) is 0 Å². The van der Waals surface area contributed by atoms with E-state index in [1.54, 1.807) is 6.20 Å². The van der Waals surface area contributed by atoms with Crippen LogP contribution in [0.2, 0.25) is 5.02 Å². The van der Waals surface area contributed by atoms with E-state index in [-0.39, 0.29) is 6.04 Å². The predicted octanol–water partition coefficient (Wildman–Crippen LogP) is 3.61. The molecule has 1 unspecified atom stereocenters. The van der Waals surface area contributed by atoms with E-state index < -0.39 is 0 Å². The van der Waals surface area contributed by atoms with Gasteiger partial charge in [-0.1, -0.05) is 29.8 Å². The fourth-order valence-corrected chi connectivity index (χ4v) is 2.26. The minimum atomic E-state index is 0.0265. The molecule has 2 nitrogen and oxygen atoms in total. The molecule has 0 bridgehead atoms. The monoisotopic (exact) mass is 324 g/mol. The third-order valence-corrected chi connectivity index (χ3v) is 3.54. The van der Waals surface area contributed by atoms with E-state index >= 15 is 0 Å². The van der Waals surface area contributed by atoms with E-state index in [0.717, 1.165) is 33.6 Å². The standard InChI is InChI=1S/C14H14BrClN2/c15-11-5-6-13(18-9-11)8-12(17)7-10-3-1-2-4-14(10)16/h1-6,9,12H,7-8,17H2. The first-order valence-electron chi connectivity index (χ1n) is 5.74. The Morgan fingerprint density at radius 3 is 2.61 bits per heavy atom. The van der Waals surface area contributed by atoms with Gasteiger partial charge in [0.05, 0.1) is 0 Å². The minimum absolute atomic E-state index is 0.0265. The summed E-state index contributed by atoms with van der Waals surface area (Å²) < 4.78 is 0.978. The number of aromatic nitrogens is 1. The molecule has 1 heterocycles. The quantitative estimate of drug-likeness (QED) is 0.932. The van der Waals surface area contributed by atoms with Crippen molar-refractivity contribution in [2.45, 2.75) is 18.9 Å². The normalized spacial score (nSPS) is 12.4. The van der Waals surface area contributed by atoms with Crippen LogP contribution < -0.4 is 5.73 Å². The summed E-state index contributed by atoms with van der Waals surface area (Å²) in [5, 5.41) is 0.775. The van der Waals surface area contributed by atoms with Crippen LogP contribution in [-0.4, -0.2) is 11.0 Å². The molecule has 1 aromatic carbocycles. The molecule has 0 radical (unpaired) electrons. The third-order valence-electron chi connectivity index (χ3n) is 2.70. The van der Waals surface area contributed by atoms with Crippen molar-refractivity contribution < 1.29 is 0 Å². The molecule has 1 atom stereocenters. The highest BCUT2D eigenvalue weighted by molar-refractivity contribution is 9.10. The molecule has 0 saturated heterocycles. The average molecular weight is 326 g/mol. The van der Waals surface area contributed by atoms with Gasteiger partial charge in [-0.25, -0.2) is 0 Å². The highest BCUT2D eigenvalue weighted by Gasteiger charge is 2.08. The highest BCUT2D eigenvalue weighted by atomic mass is 79.9. The Morgan fingerprint density at radius 1 is 1.17 bits per heavy atom. The van der Waals surface area contributed by atoms with Gasteiger partial charge in [0.1, 0.15) is 0 Å². The Morgan fingerprint density at radius 2 is 1.94 bits per heavy atom. The van der Waals surface area contributed by atoms with Crippen molar-refractivity contribution in [3.8, 4) is 0 Å². The molecular formula is C14H14BrClN2. The maximum Gasteiger partial charge on any atom is 0.0438 e. The maximum atomic E-state index is 6.13. The molecule has 0 fully saturated rings. The second kappa shape index (κ2) is 6.32. The van der Waals surface area contributed by atoms with Crippen LogP contribution in [0.3, 0.4) is 0 Å². The largest absolute Gasteiger partial charge is 0.327 e. The van der Waals surface area contributed by atoms with Gasteiger partial charge in [0.25, 0.3) is 0 Å². The van der Waals surface area contributed by atoms with Crippen LogP contribution in [0.1, 0.15) is 11.3 Å². The van der Waals surface area contributed by atoms with E-state index in [4.69, 9.17) is 17.3 Å². The number of nitrogens with zero attached hydrogens (tertiary/aromatic N) is 1. The Kier molecular flexibility index (Phi) is 4.75. The second-order valence-corrected chi connectivity index (χ2v) is 5.55. The van der Waals surface area contributed by atoms with Crippen LogP contribution in [0, 0.1) is 0 Å². The summed E-state index contributed by atoms with van der Waals surface area (Å²) in [6, 6.07) is 11.8. The molecule has 94 valence electrons. The molecule has 0 amide bonds. The van der Waals surface area contributed by atoms with Gasteiger partial charge in [-0.05, 0) is 46.1 Å². The molecule has 2 rings (SSSR count). The number of hydrogen-bond donors (Lipinski definition) is 1. The van der Waals surface area contributed by atoms with Crippen LogP contribution in [0.25, 0.3) is 0 Å². The fraction of sp³-hybridized carbons (Fsp3) is 0.214. The third kappa shape index (κ3) is 3.80. The molecule has 0 aliphatic rings. The van der Waals surface area contributed by atoms with Crippen molar-refractivity contribution in [1.82, 2.24) is 4.98 Å². The first-order chi connectivity index (χ1) is 8.65. The van der Waals surface area contributed by atoms with Crippen LogP contribution >= 0.6 is 27.5 Å². The van der Waals surface area contributed by atoms with Gasteiger partial charge in [0.2, 0.25) is 0 Å². The lowest BCUT2D eigenvalue weighted by molar-refractivity contribution is 0.654. The second-order valence-electron chi connectivity index (χ2n) is 4.23. The van der Waals surface area contributed by atoms with Gasteiger partial charge in [-0.2, -0.15) is 0 Å². The van der Waals surface area contributed by atoms with E-state index in [1.165, 1.54) is 0 Å². The van der Waals surface area contributed by atoms with E-state index in [2.05, 4.69) is 20.9 Å². The van der Waals surface area contributed by atoms with Gasteiger partial charge < -0.3 is 5.73 Å². The predicted molar refractivity (Wildman–Crippen MR) is 78.8 cm³/mol. The molecule has 4 heteroatoms. The molecule has 2 aromatic rings. The van der Waals surface area contributed by atoms with Crippen molar-refractivity contribution in [3.63, 3.8) is 0 Å². The van der Waals surface area contributed by atoms with Crippen molar-refractivity contribution >= 4 is 27.5 Å². The zero-order valence-electron chi connectivity index (χ0n) is 9.81. The summed E-state index contributed by atoms with van der Waals surface area (Å²) in [6.45, 7) is 0. The van der Waals surface area contributed by atoms with Crippen LogP contribution in [0.5, 0.6) is 0 Å². The molecular weight excluding hydrogens is 312 g/mol. The lowest BCUT2D eigenvalue weighted by atomic mass is 10.0. The topological polar surface area (TPSA) is 38.9 Å². The van der Waals surface area contributed by atoms with E-state index in [9.17, 15) is 0 Å².